The zero-order valence-corrected chi connectivity index (χ0v) is 9.46. The standard InChI is InChI=1S/C11H19NO2/c1-6-8-12(9-7-2)10(13)14-11(3,4)5/h1H,7-9H2,2-5H3. The molecule has 0 rings (SSSR count). The predicted octanol–water partition coefficient (Wildman–Crippen LogP) is 2.27. The predicted molar refractivity (Wildman–Crippen MR) is 56.9 cm³/mol. The van der Waals surface area contributed by atoms with Gasteiger partial charge in [-0.05, 0) is 27.2 Å². The lowest BCUT2D eigenvalue weighted by molar-refractivity contribution is 0.0275. The van der Waals surface area contributed by atoms with Crippen LogP contribution in [0.2, 0.25) is 0 Å². The van der Waals surface area contributed by atoms with Gasteiger partial charge in [-0.25, -0.2) is 4.79 Å². The molecule has 0 saturated heterocycles. The zero-order valence-electron chi connectivity index (χ0n) is 9.46. The largest absolute Gasteiger partial charge is 0.444 e. The number of terminal acetylenes is 1. The normalized spacial score (nSPS) is 10.5. The third-order valence-corrected chi connectivity index (χ3v) is 1.43. The van der Waals surface area contributed by atoms with Crippen molar-refractivity contribution in [3.05, 3.63) is 0 Å². The van der Waals surface area contributed by atoms with Gasteiger partial charge in [-0.15, -0.1) is 6.42 Å². The summed E-state index contributed by atoms with van der Waals surface area (Å²) in [7, 11) is 0. The number of rotatable bonds is 3. The molecule has 0 atom stereocenters. The Labute approximate surface area is 86.4 Å². The highest BCUT2D eigenvalue weighted by Crippen LogP contribution is 2.09. The fraction of sp³-hybridized carbons (Fsp3) is 0.727. The molecule has 0 aliphatic heterocycles. The van der Waals surface area contributed by atoms with Crippen LogP contribution < -0.4 is 0 Å². The lowest BCUT2D eigenvalue weighted by atomic mass is 10.2. The molecule has 0 fully saturated rings. The van der Waals surface area contributed by atoms with Gasteiger partial charge in [0.25, 0.3) is 0 Å². The molecule has 0 aliphatic rings. The highest BCUT2D eigenvalue weighted by molar-refractivity contribution is 5.68. The van der Waals surface area contributed by atoms with Crippen molar-refractivity contribution in [2.24, 2.45) is 0 Å². The molecule has 0 unspecified atom stereocenters. The number of ether oxygens (including phenoxy) is 1. The summed E-state index contributed by atoms with van der Waals surface area (Å²) in [6, 6.07) is 0. The van der Waals surface area contributed by atoms with Crippen molar-refractivity contribution in [2.75, 3.05) is 13.1 Å². The van der Waals surface area contributed by atoms with Crippen LogP contribution >= 0.6 is 0 Å². The van der Waals surface area contributed by atoms with Crippen molar-refractivity contribution in [1.29, 1.82) is 0 Å². The number of amides is 1. The van der Waals surface area contributed by atoms with Crippen LogP contribution in [-0.4, -0.2) is 29.7 Å². The van der Waals surface area contributed by atoms with Gasteiger partial charge in [0.1, 0.15) is 5.60 Å². The lowest BCUT2D eigenvalue weighted by Crippen LogP contribution is -2.37. The molecule has 0 bridgehead atoms. The summed E-state index contributed by atoms with van der Waals surface area (Å²) in [5, 5.41) is 0. The molecule has 0 aromatic heterocycles. The molecule has 0 radical (unpaired) electrons. The van der Waals surface area contributed by atoms with E-state index in [-0.39, 0.29) is 6.09 Å². The first-order valence-electron chi connectivity index (χ1n) is 4.82. The maximum atomic E-state index is 11.5. The zero-order chi connectivity index (χ0) is 11.2. The van der Waals surface area contributed by atoms with Crippen LogP contribution in [0.3, 0.4) is 0 Å². The molecular weight excluding hydrogens is 178 g/mol. The van der Waals surface area contributed by atoms with E-state index in [2.05, 4.69) is 5.92 Å². The summed E-state index contributed by atoms with van der Waals surface area (Å²) >= 11 is 0. The molecule has 0 N–H and O–H groups in total. The summed E-state index contributed by atoms with van der Waals surface area (Å²) in [5.41, 5.74) is -0.461. The van der Waals surface area contributed by atoms with E-state index in [9.17, 15) is 4.79 Å². The van der Waals surface area contributed by atoms with Crippen molar-refractivity contribution in [1.82, 2.24) is 4.90 Å². The Bertz CT molecular complexity index is 222. The summed E-state index contributed by atoms with van der Waals surface area (Å²) < 4.78 is 5.20. The van der Waals surface area contributed by atoms with E-state index in [1.54, 1.807) is 0 Å². The van der Waals surface area contributed by atoms with Gasteiger partial charge in [0.05, 0.1) is 6.54 Å². The van der Waals surface area contributed by atoms with Crippen molar-refractivity contribution < 1.29 is 9.53 Å². The maximum absolute atomic E-state index is 11.5. The summed E-state index contributed by atoms with van der Waals surface area (Å²) in [6.07, 6.45) is 5.70. The number of hydrogen-bond donors (Lipinski definition) is 0. The fourth-order valence-corrected chi connectivity index (χ4v) is 0.941. The Morgan fingerprint density at radius 3 is 2.43 bits per heavy atom. The molecule has 3 heteroatoms. The molecule has 0 aliphatic carbocycles. The number of carbonyl (C=O) groups is 1. The smallest absolute Gasteiger partial charge is 0.411 e. The Morgan fingerprint density at radius 2 is 2.07 bits per heavy atom. The Hall–Kier alpha value is -1.17. The molecular formula is C11H19NO2. The van der Waals surface area contributed by atoms with Crippen molar-refractivity contribution >= 4 is 6.09 Å². The minimum absolute atomic E-state index is 0.308. The summed E-state index contributed by atoms with van der Waals surface area (Å²) in [5.74, 6) is 2.44. The van der Waals surface area contributed by atoms with Crippen molar-refractivity contribution in [2.45, 2.75) is 39.7 Å². The second-order valence-electron chi connectivity index (χ2n) is 4.11. The van der Waals surface area contributed by atoms with E-state index in [0.717, 1.165) is 6.42 Å². The van der Waals surface area contributed by atoms with Gasteiger partial charge in [0.2, 0.25) is 0 Å². The molecule has 3 nitrogen and oxygen atoms in total. The fourth-order valence-electron chi connectivity index (χ4n) is 0.941. The Kier molecular flexibility index (Phi) is 5.07. The topological polar surface area (TPSA) is 29.5 Å². The van der Waals surface area contributed by atoms with Gasteiger partial charge in [-0.2, -0.15) is 0 Å². The van der Waals surface area contributed by atoms with Gasteiger partial charge in [0, 0.05) is 6.54 Å². The average Bonchev–Trinajstić information content (AvgIpc) is 2.01. The summed E-state index contributed by atoms with van der Waals surface area (Å²) in [6.45, 7) is 8.45. The molecule has 0 saturated carbocycles. The van der Waals surface area contributed by atoms with E-state index >= 15 is 0 Å². The minimum atomic E-state index is -0.461. The molecule has 80 valence electrons. The molecule has 0 aromatic carbocycles. The van der Waals surface area contributed by atoms with E-state index in [4.69, 9.17) is 11.2 Å². The lowest BCUT2D eigenvalue weighted by Gasteiger charge is -2.25. The minimum Gasteiger partial charge on any atom is -0.444 e. The molecule has 14 heavy (non-hydrogen) atoms. The third-order valence-electron chi connectivity index (χ3n) is 1.43. The Morgan fingerprint density at radius 1 is 1.50 bits per heavy atom. The Balaban J connectivity index is 4.23. The SMILES string of the molecule is C#CCN(CCC)C(=O)OC(C)(C)C. The number of nitrogens with zero attached hydrogens (tertiary/aromatic N) is 1. The van der Waals surface area contributed by atoms with Crippen LogP contribution in [0.5, 0.6) is 0 Å². The molecule has 0 heterocycles. The summed E-state index contributed by atoms with van der Waals surface area (Å²) in [4.78, 5) is 13.1. The molecule has 0 aromatic rings. The van der Waals surface area contributed by atoms with Gasteiger partial charge >= 0.3 is 6.09 Å². The monoisotopic (exact) mass is 197 g/mol. The van der Waals surface area contributed by atoms with Crippen LogP contribution in [0.25, 0.3) is 0 Å². The van der Waals surface area contributed by atoms with E-state index in [1.807, 2.05) is 27.7 Å². The highest BCUT2D eigenvalue weighted by atomic mass is 16.6. The highest BCUT2D eigenvalue weighted by Gasteiger charge is 2.20. The third kappa shape index (κ3) is 5.47. The van der Waals surface area contributed by atoms with E-state index in [1.165, 1.54) is 4.90 Å². The molecule has 0 spiro atoms. The van der Waals surface area contributed by atoms with Gasteiger partial charge in [-0.3, -0.25) is 4.90 Å². The van der Waals surface area contributed by atoms with Gasteiger partial charge < -0.3 is 4.74 Å². The van der Waals surface area contributed by atoms with Gasteiger partial charge in [0.15, 0.2) is 0 Å². The first kappa shape index (κ1) is 12.8. The van der Waals surface area contributed by atoms with Crippen molar-refractivity contribution in [3.8, 4) is 12.3 Å². The molecule has 1 amide bonds. The number of hydrogen-bond acceptors (Lipinski definition) is 2. The quantitative estimate of drug-likeness (QED) is 0.649. The van der Waals surface area contributed by atoms with E-state index in [0.29, 0.717) is 13.1 Å². The second-order valence-corrected chi connectivity index (χ2v) is 4.11. The van der Waals surface area contributed by atoms with Crippen LogP contribution in [0.4, 0.5) is 4.79 Å². The second kappa shape index (κ2) is 5.54. The van der Waals surface area contributed by atoms with E-state index < -0.39 is 5.60 Å². The van der Waals surface area contributed by atoms with Crippen LogP contribution in [0, 0.1) is 12.3 Å². The first-order chi connectivity index (χ1) is 6.40. The van der Waals surface area contributed by atoms with Gasteiger partial charge in [-0.1, -0.05) is 12.8 Å². The average molecular weight is 197 g/mol. The van der Waals surface area contributed by atoms with Crippen LogP contribution in [-0.2, 0) is 4.74 Å². The number of carbonyl (C=O) groups excluding carboxylic acids is 1. The van der Waals surface area contributed by atoms with Crippen LogP contribution in [0.1, 0.15) is 34.1 Å². The maximum Gasteiger partial charge on any atom is 0.411 e. The van der Waals surface area contributed by atoms with Crippen molar-refractivity contribution in [3.63, 3.8) is 0 Å². The van der Waals surface area contributed by atoms with Crippen LogP contribution in [0.15, 0.2) is 0 Å². The first-order valence-corrected chi connectivity index (χ1v) is 4.82.